The molecule has 1 aromatic carbocycles. The summed E-state index contributed by atoms with van der Waals surface area (Å²) in [6, 6.07) is 8.18. The zero-order valence-electron chi connectivity index (χ0n) is 23.6. The number of benzene rings is 1. The van der Waals surface area contributed by atoms with Gasteiger partial charge in [0.1, 0.15) is 5.75 Å². The summed E-state index contributed by atoms with van der Waals surface area (Å²) < 4.78 is 23.1. The third kappa shape index (κ3) is 14.6. The van der Waals surface area contributed by atoms with Crippen molar-refractivity contribution in [1.82, 2.24) is 0 Å². The van der Waals surface area contributed by atoms with Crippen LogP contribution in [0.1, 0.15) is 122 Å². The molecule has 5 nitrogen and oxygen atoms in total. The van der Waals surface area contributed by atoms with Gasteiger partial charge in [-0.15, -0.1) is 0 Å². The average Bonchev–Trinajstić information content (AvgIpc) is 2.91. The van der Waals surface area contributed by atoms with Gasteiger partial charge in [-0.25, -0.2) is 4.79 Å². The number of carbonyl (C=O) groups excluding carboxylic acids is 1. The third-order valence-corrected chi connectivity index (χ3v) is 6.97. The maximum absolute atomic E-state index is 11.3. The lowest BCUT2D eigenvalue weighted by Gasteiger charge is -2.29. The number of carbonyl (C=O) groups is 1. The molecule has 1 aromatic rings. The van der Waals surface area contributed by atoms with Gasteiger partial charge in [0, 0.05) is 17.1 Å². The second-order valence-corrected chi connectivity index (χ2v) is 10.6. The Kier molecular flexibility index (Phi) is 17.1. The summed E-state index contributed by atoms with van der Waals surface area (Å²) in [6.07, 6.45) is 18.2. The molecule has 0 saturated carbocycles. The maximum atomic E-state index is 11.3. The van der Waals surface area contributed by atoms with Crippen LogP contribution in [0.3, 0.4) is 0 Å². The lowest BCUT2D eigenvalue weighted by Crippen LogP contribution is -2.27. The van der Waals surface area contributed by atoms with E-state index in [2.05, 4.69) is 25.6 Å². The van der Waals surface area contributed by atoms with E-state index in [4.69, 9.17) is 18.9 Å². The minimum atomic E-state index is -0.280. The molecule has 0 N–H and O–H groups in total. The third-order valence-electron chi connectivity index (χ3n) is 6.97. The Bertz CT molecular complexity index is 721. The number of rotatable bonds is 21. The summed E-state index contributed by atoms with van der Waals surface area (Å²) in [7, 11) is 0. The van der Waals surface area contributed by atoms with E-state index in [1.807, 2.05) is 12.1 Å². The van der Waals surface area contributed by atoms with Gasteiger partial charge in [0.05, 0.1) is 26.4 Å². The summed E-state index contributed by atoms with van der Waals surface area (Å²) >= 11 is 0. The quantitative estimate of drug-likeness (QED) is 0.0929. The first-order chi connectivity index (χ1) is 18.1. The highest BCUT2D eigenvalue weighted by Crippen LogP contribution is 2.28. The normalized spacial score (nSPS) is 17.5. The van der Waals surface area contributed by atoms with E-state index in [0.29, 0.717) is 18.1 Å². The molecule has 1 heterocycles. The monoisotopic (exact) mass is 516 g/mol. The van der Waals surface area contributed by atoms with Gasteiger partial charge in [-0.1, -0.05) is 103 Å². The molecule has 210 valence electrons. The molecule has 1 saturated heterocycles. The van der Waals surface area contributed by atoms with Gasteiger partial charge in [0.15, 0.2) is 6.29 Å². The number of hydrogen-bond acceptors (Lipinski definition) is 5. The van der Waals surface area contributed by atoms with Crippen LogP contribution in [-0.4, -0.2) is 32.4 Å². The van der Waals surface area contributed by atoms with Gasteiger partial charge in [0.2, 0.25) is 0 Å². The summed E-state index contributed by atoms with van der Waals surface area (Å²) in [5.74, 6) is 1.16. The van der Waals surface area contributed by atoms with E-state index in [9.17, 15) is 4.79 Å². The predicted octanol–water partition coefficient (Wildman–Crippen LogP) is 8.72. The number of hydrogen-bond donors (Lipinski definition) is 0. The smallest absolute Gasteiger partial charge is 0.333 e. The molecule has 0 unspecified atom stereocenters. The van der Waals surface area contributed by atoms with Crippen molar-refractivity contribution in [3.63, 3.8) is 0 Å². The van der Waals surface area contributed by atoms with Crippen LogP contribution in [0.5, 0.6) is 5.75 Å². The van der Waals surface area contributed by atoms with Crippen LogP contribution in [0.15, 0.2) is 36.4 Å². The molecule has 1 aliphatic heterocycles. The predicted molar refractivity (Wildman–Crippen MR) is 151 cm³/mol. The molecule has 1 fully saturated rings. The van der Waals surface area contributed by atoms with Crippen molar-refractivity contribution in [1.29, 1.82) is 0 Å². The van der Waals surface area contributed by atoms with Gasteiger partial charge < -0.3 is 18.9 Å². The molecule has 0 aromatic heterocycles. The Morgan fingerprint density at radius 3 is 1.95 bits per heavy atom. The Morgan fingerprint density at radius 1 is 0.811 bits per heavy atom. The van der Waals surface area contributed by atoms with E-state index in [-0.39, 0.29) is 12.3 Å². The standard InChI is InChI=1S/C32H52O5/c1-4-5-6-7-12-15-18-28-25-36-32(37-26-28)29-19-21-30(22-20-29)34-23-16-13-10-8-9-11-14-17-24-35-31(33)27(2)3/h19-22,28,32H,2,4-18,23-26H2,1,3H3. The van der Waals surface area contributed by atoms with Crippen LogP contribution in [0.25, 0.3) is 0 Å². The molecular weight excluding hydrogens is 464 g/mol. The van der Waals surface area contributed by atoms with Crippen molar-refractivity contribution in [2.75, 3.05) is 26.4 Å². The van der Waals surface area contributed by atoms with Crippen LogP contribution >= 0.6 is 0 Å². The first kappa shape index (κ1) is 31.4. The minimum absolute atomic E-state index is 0.249. The van der Waals surface area contributed by atoms with E-state index < -0.39 is 0 Å². The van der Waals surface area contributed by atoms with Crippen LogP contribution in [0.4, 0.5) is 0 Å². The Balaban J connectivity index is 1.43. The zero-order chi connectivity index (χ0) is 26.6. The molecule has 0 aliphatic carbocycles. The van der Waals surface area contributed by atoms with Gasteiger partial charge in [0.25, 0.3) is 0 Å². The van der Waals surface area contributed by atoms with Crippen LogP contribution in [0.2, 0.25) is 0 Å². The second-order valence-electron chi connectivity index (χ2n) is 10.6. The van der Waals surface area contributed by atoms with Crippen molar-refractivity contribution < 1.29 is 23.7 Å². The van der Waals surface area contributed by atoms with Crippen molar-refractivity contribution >= 4 is 5.97 Å². The van der Waals surface area contributed by atoms with Crippen molar-refractivity contribution in [2.24, 2.45) is 5.92 Å². The molecule has 37 heavy (non-hydrogen) atoms. The molecule has 0 bridgehead atoms. The van der Waals surface area contributed by atoms with Gasteiger partial charge in [-0.2, -0.15) is 0 Å². The maximum Gasteiger partial charge on any atom is 0.333 e. The molecule has 1 aliphatic rings. The van der Waals surface area contributed by atoms with Crippen LogP contribution < -0.4 is 4.74 Å². The Morgan fingerprint density at radius 2 is 1.35 bits per heavy atom. The van der Waals surface area contributed by atoms with E-state index >= 15 is 0 Å². The van der Waals surface area contributed by atoms with E-state index in [1.54, 1.807) is 6.92 Å². The van der Waals surface area contributed by atoms with E-state index in [1.165, 1.54) is 77.0 Å². The fourth-order valence-electron chi connectivity index (χ4n) is 4.58. The molecule has 0 amide bonds. The second kappa shape index (κ2) is 20.2. The van der Waals surface area contributed by atoms with Crippen LogP contribution in [-0.2, 0) is 19.0 Å². The highest BCUT2D eigenvalue weighted by Gasteiger charge is 2.23. The molecule has 0 radical (unpaired) electrons. The SMILES string of the molecule is C=C(C)C(=O)OCCCCCCCCCCOc1ccc(C2OCC(CCCCCCCC)CO2)cc1. The van der Waals surface area contributed by atoms with Gasteiger partial charge >= 0.3 is 5.97 Å². The number of esters is 1. The Hall–Kier alpha value is -1.85. The number of ether oxygens (including phenoxy) is 4. The summed E-state index contributed by atoms with van der Waals surface area (Å²) in [5.41, 5.74) is 1.54. The van der Waals surface area contributed by atoms with Crippen molar-refractivity contribution in [3.8, 4) is 5.75 Å². The summed E-state index contributed by atoms with van der Waals surface area (Å²) in [4.78, 5) is 11.3. The lowest BCUT2D eigenvalue weighted by atomic mass is 10.0. The van der Waals surface area contributed by atoms with Gasteiger partial charge in [-0.05, 0) is 38.3 Å². The molecule has 0 atom stereocenters. The van der Waals surface area contributed by atoms with Gasteiger partial charge in [-0.3, -0.25) is 0 Å². The zero-order valence-corrected chi connectivity index (χ0v) is 23.6. The summed E-state index contributed by atoms with van der Waals surface area (Å²) in [5, 5.41) is 0. The van der Waals surface area contributed by atoms with Crippen molar-refractivity contribution in [2.45, 2.75) is 116 Å². The molecule has 5 heteroatoms. The first-order valence-electron chi connectivity index (χ1n) is 14.9. The summed E-state index contributed by atoms with van der Waals surface area (Å²) in [6.45, 7) is 10.4. The molecular formula is C32H52O5. The van der Waals surface area contributed by atoms with Crippen molar-refractivity contribution in [3.05, 3.63) is 42.0 Å². The average molecular weight is 517 g/mol. The largest absolute Gasteiger partial charge is 0.494 e. The lowest BCUT2D eigenvalue weighted by molar-refractivity contribution is -0.206. The van der Waals surface area contributed by atoms with Crippen LogP contribution in [0, 0.1) is 5.92 Å². The Labute approximate surface area is 226 Å². The molecule has 0 spiro atoms. The molecule has 2 rings (SSSR count). The van der Waals surface area contributed by atoms with E-state index in [0.717, 1.165) is 50.4 Å². The fraction of sp³-hybridized carbons (Fsp3) is 0.719. The highest BCUT2D eigenvalue weighted by atomic mass is 16.7. The number of unbranched alkanes of at least 4 members (excludes halogenated alkanes) is 12. The fourth-order valence-corrected chi connectivity index (χ4v) is 4.58. The minimum Gasteiger partial charge on any atom is -0.494 e. The first-order valence-corrected chi connectivity index (χ1v) is 14.9. The highest BCUT2D eigenvalue weighted by molar-refractivity contribution is 5.86. The topological polar surface area (TPSA) is 54.0 Å².